The molecule has 1 aromatic rings. The fourth-order valence-electron chi connectivity index (χ4n) is 1.26. The molecule has 14 heavy (non-hydrogen) atoms. The average Bonchev–Trinajstić information content (AvgIpc) is 2.16. The van der Waals surface area contributed by atoms with Crippen LogP contribution in [0.15, 0.2) is 12.3 Å². The zero-order valence-electron chi connectivity index (χ0n) is 8.44. The number of carboxylic acid groups (broad SMARTS) is 1. The van der Waals surface area contributed by atoms with E-state index in [1.165, 1.54) is 19.4 Å². The minimum atomic E-state index is -0.994. The number of rotatable bonds is 3. The van der Waals surface area contributed by atoms with Gasteiger partial charge in [-0.2, -0.15) is 0 Å². The molecule has 0 radical (unpaired) electrons. The molecule has 0 aliphatic rings. The van der Waals surface area contributed by atoms with E-state index in [1.54, 1.807) is 0 Å². The molecule has 0 saturated carbocycles. The van der Waals surface area contributed by atoms with Crippen molar-refractivity contribution in [1.29, 1.82) is 0 Å². The number of ether oxygens (including phenoxy) is 1. The third-order valence-corrected chi connectivity index (χ3v) is 1.91. The summed E-state index contributed by atoms with van der Waals surface area (Å²) in [6.07, 6.45) is 1.49. The minimum absolute atomic E-state index is 0.143. The predicted molar refractivity (Wildman–Crippen MR) is 51.8 cm³/mol. The average molecular weight is 195 g/mol. The lowest BCUT2D eigenvalue weighted by Crippen LogP contribution is -2.06. The quantitative estimate of drug-likeness (QED) is 0.800. The molecule has 0 amide bonds. The van der Waals surface area contributed by atoms with Crippen LogP contribution in [0.1, 0.15) is 35.8 Å². The van der Waals surface area contributed by atoms with Crippen LogP contribution >= 0.6 is 0 Å². The Morgan fingerprint density at radius 1 is 1.57 bits per heavy atom. The van der Waals surface area contributed by atoms with E-state index in [2.05, 4.69) is 4.98 Å². The van der Waals surface area contributed by atoms with Gasteiger partial charge in [-0.3, -0.25) is 4.98 Å². The molecule has 1 aromatic heterocycles. The van der Waals surface area contributed by atoms with Crippen molar-refractivity contribution in [3.63, 3.8) is 0 Å². The molecule has 0 unspecified atom stereocenters. The Kier molecular flexibility index (Phi) is 3.06. The number of aromatic nitrogens is 1. The molecule has 1 N–H and O–H groups in total. The van der Waals surface area contributed by atoms with Gasteiger partial charge in [0.25, 0.3) is 0 Å². The van der Waals surface area contributed by atoms with Crippen molar-refractivity contribution in [3.8, 4) is 5.75 Å². The standard InChI is InChI=1S/C10H13NO3/c1-6(2)8-9(14-3)7(10(12)13)4-5-11-8/h4-6H,1-3H3,(H,12,13). The Balaban J connectivity index is 3.32. The SMILES string of the molecule is COc1c(C(=O)O)ccnc1C(C)C. The van der Waals surface area contributed by atoms with Crippen molar-refractivity contribution in [2.75, 3.05) is 7.11 Å². The molecule has 76 valence electrons. The van der Waals surface area contributed by atoms with Crippen molar-refractivity contribution in [3.05, 3.63) is 23.5 Å². The van der Waals surface area contributed by atoms with Crippen LogP contribution in [0.25, 0.3) is 0 Å². The topological polar surface area (TPSA) is 59.4 Å². The molecule has 0 aliphatic heterocycles. The third kappa shape index (κ3) is 1.84. The van der Waals surface area contributed by atoms with E-state index in [-0.39, 0.29) is 11.5 Å². The second-order valence-corrected chi connectivity index (χ2v) is 3.24. The van der Waals surface area contributed by atoms with Crippen LogP contribution in [0, 0.1) is 0 Å². The number of carboxylic acids is 1. The van der Waals surface area contributed by atoms with Crippen LogP contribution in [0.5, 0.6) is 5.75 Å². The second kappa shape index (κ2) is 4.09. The van der Waals surface area contributed by atoms with Gasteiger partial charge in [-0.1, -0.05) is 13.8 Å². The number of aromatic carboxylic acids is 1. The minimum Gasteiger partial charge on any atom is -0.494 e. The van der Waals surface area contributed by atoms with Gasteiger partial charge < -0.3 is 9.84 Å². The van der Waals surface area contributed by atoms with E-state index in [1.807, 2.05) is 13.8 Å². The predicted octanol–water partition coefficient (Wildman–Crippen LogP) is 1.91. The number of hydrogen-bond acceptors (Lipinski definition) is 3. The fraction of sp³-hybridized carbons (Fsp3) is 0.400. The number of carbonyl (C=O) groups is 1. The van der Waals surface area contributed by atoms with Gasteiger partial charge in [0.15, 0.2) is 5.75 Å². The first kappa shape index (κ1) is 10.5. The van der Waals surface area contributed by atoms with Crippen LogP contribution in [0.3, 0.4) is 0 Å². The van der Waals surface area contributed by atoms with Gasteiger partial charge in [0.1, 0.15) is 5.56 Å². The highest BCUT2D eigenvalue weighted by molar-refractivity contribution is 5.91. The van der Waals surface area contributed by atoms with Crippen molar-refractivity contribution in [1.82, 2.24) is 4.98 Å². The molecule has 0 aromatic carbocycles. The molecule has 0 fully saturated rings. The van der Waals surface area contributed by atoms with E-state index < -0.39 is 5.97 Å². The van der Waals surface area contributed by atoms with Gasteiger partial charge >= 0.3 is 5.97 Å². The largest absolute Gasteiger partial charge is 0.494 e. The van der Waals surface area contributed by atoms with Crippen LogP contribution in [0.4, 0.5) is 0 Å². The van der Waals surface area contributed by atoms with Gasteiger partial charge in [-0.05, 0) is 12.0 Å². The lowest BCUT2D eigenvalue weighted by atomic mass is 10.1. The molecule has 0 aliphatic carbocycles. The number of hydrogen-bond donors (Lipinski definition) is 1. The van der Waals surface area contributed by atoms with E-state index >= 15 is 0 Å². The summed E-state index contributed by atoms with van der Waals surface area (Å²) in [5.74, 6) is -0.495. The molecule has 0 bridgehead atoms. The summed E-state index contributed by atoms with van der Waals surface area (Å²) >= 11 is 0. The van der Waals surface area contributed by atoms with Gasteiger partial charge in [0.05, 0.1) is 12.8 Å². The van der Waals surface area contributed by atoms with Gasteiger partial charge in [0, 0.05) is 6.20 Å². The zero-order chi connectivity index (χ0) is 10.7. The first-order valence-electron chi connectivity index (χ1n) is 4.34. The smallest absolute Gasteiger partial charge is 0.339 e. The fourth-order valence-corrected chi connectivity index (χ4v) is 1.26. The molecule has 0 spiro atoms. The molecule has 1 rings (SSSR count). The summed E-state index contributed by atoms with van der Waals surface area (Å²) in [6.45, 7) is 3.88. The van der Waals surface area contributed by atoms with E-state index in [4.69, 9.17) is 9.84 Å². The van der Waals surface area contributed by atoms with Crippen LogP contribution in [-0.4, -0.2) is 23.2 Å². The summed E-state index contributed by atoms with van der Waals surface area (Å²) in [5.41, 5.74) is 0.832. The summed E-state index contributed by atoms with van der Waals surface area (Å²) in [7, 11) is 1.45. The Morgan fingerprint density at radius 2 is 2.21 bits per heavy atom. The van der Waals surface area contributed by atoms with Crippen LogP contribution in [-0.2, 0) is 0 Å². The summed E-state index contributed by atoms with van der Waals surface area (Å²) in [4.78, 5) is 15.0. The highest BCUT2D eigenvalue weighted by Gasteiger charge is 2.17. The number of nitrogens with zero attached hydrogens (tertiary/aromatic N) is 1. The Morgan fingerprint density at radius 3 is 2.64 bits per heavy atom. The highest BCUT2D eigenvalue weighted by atomic mass is 16.5. The first-order chi connectivity index (χ1) is 6.57. The van der Waals surface area contributed by atoms with Crippen molar-refractivity contribution in [2.24, 2.45) is 0 Å². The van der Waals surface area contributed by atoms with Crippen molar-refractivity contribution < 1.29 is 14.6 Å². The molecule has 4 heteroatoms. The Bertz CT molecular complexity index is 347. The molecule has 0 atom stereocenters. The monoisotopic (exact) mass is 195 g/mol. The highest BCUT2D eigenvalue weighted by Crippen LogP contribution is 2.27. The van der Waals surface area contributed by atoms with Crippen LogP contribution < -0.4 is 4.74 Å². The summed E-state index contributed by atoms with van der Waals surface area (Å²) in [5, 5.41) is 8.90. The first-order valence-corrected chi connectivity index (χ1v) is 4.34. The second-order valence-electron chi connectivity index (χ2n) is 3.24. The maximum Gasteiger partial charge on any atom is 0.339 e. The maximum atomic E-state index is 10.8. The number of pyridine rings is 1. The molecular formula is C10H13NO3. The Labute approximate surface area is 82.5 Å². The van der Waals surface area contributed by atoms with E-state index in [0.717, 1.165) is 0 Å². The van der Waals surface area contributed by atoms with Crippen molar-refractivity contribution in [2.45, 2.75) is 19.8 Å². The molecule has 4 nitrogen and oxygen atoms in total. The lowest BCUT2D eigenvalue weighted by Gasteiger charge is -2.12. The zero-order valence-corrected chi connectivity index (χ0v) is 8.44. The van der Waals surface area contributed by atoms with Crippen LogP contribution in [0.2, 0.25) is 0 Å². The summed E-state index contributed by atoms with van der Waals surface area (Å²) < 4.78 is 5.06. The van der Waals surface area contributed by atoms with Gasteiger partial charge in [-0.25, -0.2) is 4.79 Å². The third-order valence-electron chi connectivity index (χ3n) is 1.91. The normalized spacial score (nSPS) is 10.3. The van der Waals surface area contributed by atoms with Crippen molar-refractivity contribution >= 4 is 5.97 Å². The van der Waals surface area contributed by atoms with E-state index in [9.17, 15) is 4.79 Å². The van der Waals surface area contributed by atoms with Gasteiger partial charge in [-0.15, -0.1) is 0 Å². The summed E-state index contributed by atoms with van der Waals surface area (Å²) in [6, 6.07) is 1.44. The number of methoxy groups -OCH3 is 1. The molecule has 1 heterocycles. The van der Waals surface area contributed by atoms with E-state index in [0.29, 0.717) is 11.4 Å². The molecular weight excluding hydrogens is 182 g/mol. The lowest BCUT2D eigenvalue weighted by molar-refractivity contribution is 0.0693. The maximum absolute atomic E-state index is 10.8. The Hall–Kier alpha value is -1.58. The molecule has 0 saturated heterocycles. The van der Waals surface area contributed by atoms with Gasteiger partial charge in [0.2, 0.25) is 0 Å².